The van der Waals surface area contributed by atoms with Crippen molar-refractivity contribution in [3.05, 3.63) is 0 Å². The van der Waals surface area contributed by atoms with Crippen molar-refractivity contribution in [3.8, 4) is 0 Å². The first-order valence-electron chi connectivity index (χ1n) is 32.8. The highest BCUT2D eigenvalue weighted by atomic mass is 19.1. The highest BCUT2D eigenvalue weighted by molar-refractivity contribution is 5.05. The fourth-order valence-corrected chi connectivity index (χ4v) is 13.5. The quantitative estimate of drug-likeness (QED) is 0.217. The normalized spacial score (nSPS) is 27.2. The molecule has 9 aliphatic rings. The lowest BCUT2D eigenvalue weighted by Crippen LogP contribution is -2.65. The summed E-state index contributed by atoms with van der Waals surface area (Å²) in [7, 11) is 0. The molecule has 0 aromatic rings. The van der Waals surface area contributed by atoms with Crippen molar-refractivity contribution in [1.29, 1.82) is 0 Å². The first-order valence-corrected chi connectivity index (χ1v) is 32.8. The summed E-state index contributed by atoms with van der Waals surface area (Å²) < 4.78 is 25.9. The van der Waals surface area contributed by atoms with E-state index >= 15 is 0 Å². The molecule has 0 radical (unpaired) electrons. The smallest absolute Gasteiger partial charge is 0.110 e. The molecular formula is C66H136F2N8O3. The summed E-state index contributed by atoms with van der Waals surface area (Å²) in [6.45, 7) is 63.9. The Labute approximate surface area is 489 Å². The zero-order chi connectivity index (χ0) is 60.4. The lowest BCUT2D eigenvalue weighted by atomic mass is 9.61. The van der Waals surface area contributed by atoms with Gasteiger partial charge in [-0.1, -0.05) is 0 Å². The van der Waals surface area contributed by atoms with E-state index in [9.17, 15) is 13.9 Å². The SMILES string of the molecule is CC(C)N1CC(O)C1.CC(C)N1CC2(CC(O)C2)C1.CC(C)N1CCC(C)(F)CC1.CC(C)N1CCC(F)CC1.CC(C)N1CCC(O)CC1.CC(C)N1CCC1(C)C.CC(C)N1CCCC1(C)C.CC(C)N1[C@H](C)CC[C@H]1C. The highest BCUT2D eigenvalue weighted by Crippen LogP contribution is 2.48. The molecule has 472 valence electrons. The number of rotatable bonds is 8. The molecule has 0 amide bonds. The summed E-state index contributed by atoms with van der Waals surface area (Å²) in [6.07, 6.45) is 13.2. The Kier molecular flexibility index (Phi) is 32.6. The summed E-state index contributed by atoms with van der Waals surface area (Å²) in [5.74, 6) is 0. The van der Waals surface area contributed by atoms with Crippen LogP contribution in [0.3, 0.4) is 0 Å². The molecule has 1 aliphatic carbocycles. The van der Waals surface area contributed by atoms with E-state index in [2.05, 4.69) is 192 Å². The Morgan fingerprint density at radius 2 is 0.772 bits per heavy atom. The average molecular weight is 1130 g/mol. The number of hydrogen-bond donors (Lipinski definition) is 3. The van der Waals surface area contributed by atoms with Crippen molar-refractivity contribution >= 4 is 0 Å². The third kappa shape index (κ3) is 26.3. The van der Waals surface area contributed by atoms with Crippen LogP contribution in [0.25, 0.3) is 0 Å². The number of nitrogens with zero attached hydrogens (tertiary/aromatic N) is 8. The van der Waals surface area contributed by atoms with Crippen molar-refractivity contribution < 1.29 is 24.1 Å². The van der Waals surface area contributed by atoms with Gasteiger partial charge in [0.05, 0.1) is 18.3 Å². The Morgan fingerprint density at radius 1 is 0.392 bits per heavy atom. The van der Waals surface area contributed by atoms with E-state index in [0.717, 1.165) is 121 Å². The van der Waals surface area contributed by atoms with E-state index in [1.807, 2.05) is 0 Å². The van der Waals surface area contributed by atoms with Crippen LogP contribution < -0.4 is 0 Å². The number of aliphatic hydroxyl groups is 3. The van der Waals surface area contributed by atoms with Crippen molar-refractivity contribution in [1.82, 2.24) is 39.2 Å². The first kappa shape index (κ1) is 74.5. The molecule has 8 saturated heterocycles. The number of likely N-dealkylation sites (tertiary alicyclic amines) is 8. The van der Waals surface area contributed by atoms with Crippen LogP contribution >= 0.6 is 0 Å². The van der Waals surface area contributed by atoms with Gasteiger partial charge in [-0.15, -0.1) is 0 Å². The van der Waals surface area contributed by atoms with E-state index in [1.165, 1.54) is 58.3 Å². The number of piperidine rings is 3. The van der Waals surface area contributed by atoms with Gasteiger partial charge >= 0.3 is 0 Å². The van der Waals surface area contributed by atoms with Crippen molar-refractivity contribution in [3.63, 3.8) is 0 Å². The molecule has 0 aromatic heterocycles. The number of alkyl halides is 2. The molecule has 1 saturated carbocycles. The third-order valence-electron chi connectivity index (χ3n) is 19.3. The second kappa shape index (κ2) is 34.5. The molecular weight excluding hydrogens is 991 g/mol. The van der Waals surface area contributed by atoms with Crippen LogP contribution in [0.5, 0.6) is 0 Å². The third-order valence-corrected chi connectivity index (χ3v) is 19.3. The Balaban J connectivity index is 0.000000309. The van der Waals surface area contributed by atoms with Gasteiger partial charge < -0.3 is 30.0 Å². The van der Waals surface area contributed by atoms with Gasteiger partial charge in [-0.3, -0.25) is 24.5 Å². The lowest BCUT2D eigenvalue weighted by molar-refractivity contribution is -0.137. The summed E-state index contributed by atoms with van der Waals surface area (Å²) in [6, 6.07) is 6.92. The molecule has 3 N–H and O–H groups in total. The predicted octanol–water partition coefficient (Wildman–Crippen LogP) is 12.2. The van der Waals surface area contributed by atoms with E-state index in [0.29, 0.717) is 59.5 Å². The van der Waals surface area contributed by atoms with Gasteiger partial charge in [-0.25, -0.2) is 8.78 Å². The van der Waals surface area contributed by atoms with E-state index in [-0.39, 0.29) is 18.3 Å². The number of β-amino-alcohol motifs (C(OH)–C–C–N with tert-alkyl or cyclic N) is 1. The van der Waals surface area contributed by atoms with E-state index < -0.39 is 11.8 Å². The minimum Gasteiger partial charge on any atom is -0.393 e. The van der Waals surface area contributed by atoms with Gasteiger partial charge in [0, 0.05) is 149 Å². The van der Waals surface area contributed by atoms with Crippen LogP contribution in [0, 0.1) is 5.41 Å². The molecule has 0 unspecified atom stereocenters. The van der Waals surface area contributed by atoms with Gasteiger partial charge in [-0.2, -0.15) is 0 Å². The maximum absolute atomic E-state index is 13.3. The van der Waals surface area contributed by atoms with Crippen LogP contribution in [-0.2, 0) is 0 Å². The largest absolute Gasteiger partial charge is 0.393 e. The van der Waals surface area contributed by atoms with Gasteiger partial charge in [0.25, 0.3) is 0 Å². The second-order valence-electron chi connectivity index (χ2n) is 29.8. The second-order valence-corrected chi connectivity index (χ2v) is 29.8. The number of hydrogen-bond acceptors (Lipinski definition) is 11. The van der Waals surface area contributed by atoms with E-state index in [1.54, 1.807) is 6.92 Å². The van der Waals surface area contributed by atoms with Gasteiger partial charge in [0.15, 0.2) is 0 Å². The number of halogens is 2. The van der Waals surface area contributed by atoms with Crippen LogP contribution in [-0.4, -0.2) is 235 Å². The van der Waals surface area contributed by atoms with Gasteiger partial charge in [-0.05, 0) is 249 Å². The summed E-state index contributed by atoms with van der Waals surface area (Å²) in [4.78, 5) is 19.5. The molecule has 2 atom stereocenters. The maximum atomic E-state index is 13.3. The van der Waals surface area contributed by atoms with Gasteiger partial charge in [0.1, 0.15) is 11.8 Å². The topological polar surface area (TPSA) is 86.6 Å². The Morgan fingerprint density at radius 3 is 1.03 bits per heavy atom. The van der Waals surface area contributed by atoms with E-state index in [4.69, 9.17) is 10.2 Å². The van der Waals surface area contributed by atoms with Crippen molar-refractivity contribution in [2.24, 2.45) is 5.41 Å². The summed E-state index contributed by atoms with van der Waals surface area (Å²) in [5, 5.41) is 27.2. The first-order chi connectivity index (χ1) is 36.4. The molecule has 9 fully saturated rings. The lowest BCUT2D eigenvalue weighted by Gasteiger charge is -2.59. The molecule has 79 heavy (non-hydrogen) atoms. The van der Waals surface area contributed by atoms with Crippen LogP contribution in [0.4, 0.5) is 8.78 Å². The van der Waals surface area contributed by atoms with Gasteiger partial charge in [0.2, 0.25) is 0 Å². The monoisotopic (exact) mass is 1130 g/mol. The van der Waals surface area contributed by atoms with Crippen molar-refractivity contribution in [2.45, 2.75) is 344 Å². The summed E-state index contributed by atoms with van der Waals surface area (Å²) >= 11 is 0. The number of aliphatic hydroxyl groups excluding tert-OH is 3. The molecule has 11 nitrogen and oxygen atoms in total. The van der Waals surface area contributed by atoms with Crippen LogP contribution in [0.15, 0.2) is 0 Å². The highest BCUT2D eigenvalue weighted by Gasteiger charge is 2.52. The van der Waals surface area contributed by atoms with Crippen molar-refractivity contribution in [2.75, 3.05) is 78.5 Å². The van der Waals surface area contributed by atoms with Crippen LogP contribution in [0.1, 0.15) is 243 Å². The fourth-order valence-electron chi connectivity index (χ4n) is 13.5. The summed E-state index contributed by atoms with van der Waals surface area (Å²) in [5.41, 5.74) is 0.609. The standard InChI is InChI=1S/C9H18FN.C9H17NO.2C9H19N.C8H16FN.C8H17NO.C8H17N.C6H13NO/c1-8(2)11-6-4-9(3,10)5-7-11;1-7(2)10-5-9(6-10)3-8(11)4-9;1-8(2)10-7-5-6-9(10,3)4;1-7(2)10-8(3)5-6-9(10)4;1-7(2)10-5-3-8(9)4-6-10;1-7(2)9-5-3-8(10)4-6-9;1-7(2)9-6-5-8(9,3)4;1-5(2)7-3-6(8)4-7/h8H,4-7H2,1-3H3;7-8,11H,3-6H2,1-2H3;8H,5-7H2,1-4H3;7-9H,5-6H2,1-4H3;7-8H,3-6H2,1-2H3;7-8,10H,3-6H2,1-2H3;7H,5-6H2,1-4H3;5-6,8H,3-4H2,1-2H3/t;;;8-,9-;;;;/m...1..../s1. The van der Waals surface area contributed by atoms with Crippen LogP contribution in [0.2, 0.25) is 0 Å². The molecule has 8 aliphatic heterocycles. The molecule has 1 spiro atoms. The predicted molar refractivity (Wildman–Crippen MR) is 336 cm³/mol. The Bertz CT molecular complexity index is 1520. The fraction of sp³-hybridized carbons (Fsp3) is 1.00. The molecule has 0 aromatic carbocycles. The minimum atomic E-state index is -0.897. The molecule has 9 rings (SSSR count). The zero-order valence-corrected chi connectivity index (χ0v) is 56.4. The minimum absolute atomic E-state index is 0.0179. The maximum Gasteiger partial charge on any atom is 0.110 e. The molecule has 13 heteroatoms. The molecule has 8 heterocycles. The average Bonchev–Trinajstić information content (AvgIpc) is 3.85. The molecule has 0 bridgehead atoms. The Hall–Kier alpha value is -0.580. The zero-order valence-electron chi connectivity index (χ0n) is 56.4.